The minimum absolute atomic E-state index is 0.0129. The second-order valence-corrected chi connectivity index (χ2v) is 7.11. The molecule has 0 saturated carbocycles. The Kier molecular flexibility index (Phi) is 2.95. The highest BCUT2D eigenvalue weighted by atomic mass is 32.2. The molecule has 0 radical (unpaired) electrons. The van der Waals surface area contributed by atoms with Crippen LogP contribution < -0.4 is 5.32 Å². The first kappa shape index (κ1) is 12.4. The molecule has 3 rings (SSSR count). The maximum Gasteiger partial charge on any atom is 0.155 e. The van der Waals surface area contributed by atoms with Crippen LogP contribution in [-0.4, -0.2) is 37.2 Å². The van der Waals surface area contributed by atoms with Crippen molar-refractivity contribution in [2.24, 2.45) is 0 Å². The fraction of sp³-hybridized carbons (Fsp3) is 0.286. The number of aliphatic hydroxyl groups excluding tert-OH is 1. The van der Waals surface area contributed by atoms with Crippen LogP contribution in [-0.2, 0) is 9.84 Å². The largest absolute Gasteiger partial charge is 0.390 e. The van der Waals surface area contributed by atoms with Gasteiger partial charge in [-0.25, -0.2) is 8.42 Å². The average Bonchev–Trinajstić information content (AvgIpc) is 2.62. The molecule has 0 bridgehead atoms. The van der Waals surface area contributed by atoms with Crippen LogP contribution in [0, 0.1) is 0 Å². The molecule has 2 atom stereocenters. The number of fused-ring (bicyclic) bond motifs is 1. The van der Waals surface area contributed by atoms with E-state index in [1.807, 2.05) is 42.5 Å². The van der Waals surface area contributed by atoms with Crippen LogP contribution in [0.2, 0.25) is 0 Å². The first-order valence-electron chi connectivity index (χ1n) is 6.17. The molecule has 2 aromatic rings. The number of nitrogens with one attached hydrogen (secondary N) is 1. The zero-order chi connectivity index (χ0) is 13.5. The Bertz CT molecular complexity index is 711. The van der Waals surface area contributed by atoms with Gasteiger partial charge in [-0.2, -0.15) is 0 Å². The molecule has 0 amide bonds. The molecule has 0 aromatic heterocycles. The quantitative estimate of drug-likeness (QED) is 0.871. The first-order chi connectivity index (χ1) is 9.03. The topological polar surface area (TPSA) is 66.4 Å². The fourth-order valence-corrected chi connectivity index (χ4v) is 4.20. The highest BCUT2D eigenvalue weighted by molar-refractivity contribution is 7.91. The van der Waals surface area contributed by atoms with E-state index in [0.717, 1.165) is 16.5 Å². The summed E-state index contributed by atoms with van der Waals surface area (Å²) in [5.74, 6) is -0.167. The highest BCUT2D eigenvalue weighted by Crippen LogP contribution is 2.22. The number of aliphatic hydroxyl groups is 1. The second kappa shape index (κ2) is 4.51. The predicted octanol–water partition coefficient (Wildman–Crippen LogP) is 1.41. The van der Waals surface area contributed by atoms with Gasteiger partial charge in [0.1, 0.15) is 0 Å². The van der Waals surface area contributed by atoms with Crippen molar-refractivity contribution >= 4 is 26.3 Å². The lowest BCUT2D eigenvalue weighted by Crippen LogP contribution is -2.31. The van der Waals surface area contributed by atoms with Gasteiger partial charge in [0.05, 0.1) is 23.7 Å². The molecular formula is C14H15NO3S. The van der Waals surface area contributed by atoms with E-state index in [-0.39, 0.29) is 11.5 Å². The summed E-state index contributed by atoms with van der Waals surface area (Å²) in [7, 11) is -3.12. The van der Waals surface area contributed by atoms with Gasteiger partial charge in [0, 0.05) is 5.69 Å². The molecule has 1 saturated heterocycles. The van der Waals surface area contributed by atoms with E-state index in [4.69, 9.17) is 0 Å². The van der Waals surface area contributed by atoms with Crippen LogP contribution in [0.5, 0.6) is 0 Å². The summed E-state index contributed by atoms with van der Waals surface area (Å²) < 4.78 is 22.9. The van der Waals surface area contributed by atoms with E-state index in [2.05, 4.69) is 5.32 Å². The van der Waals surface area contributed by atoms with E-state index < -0.39 is 22.0 Å². The summed E-state index contributed by atoms with van der Waals surface area (Å²) in [6.07, 6.45) is -0.837. The smallest absolute Gasteiger partial charge is 0.155 e. The molecule has 4 nitrogen and oxygen atoms in total. The first-order valence-corrected chi connectivity index (χ1v) is 7.99. The number of anilines is 1. The van der Waals surface area contributed by atoms with Gasteiger partial charge in [0.2, 0.25) is 0 Å². The van der Waals surface area contributed by atoms with E-state index in [9.17, 15) is 13.5 Å². The van der Waals surface area contributed by atoms with Gasteiger partial charge in [0.15, 0.2) is 9.84 Å². The van der Waals surface area contributed by atoms with Crippen molar-refractivity contribution < 1.29 is 13.5 Å². The molecule has 5 heteroatoms. The molecular weight excluding hydrogens is 262 g/mol. The molecule has 2 N–H and O–H groups in total. The minimum atomic E-state index is -3.12. The van der Waals surface area contributed by atoms with Crippen molar-refractivity contribution in [3.8, 4) is 0 Å². The molecule has 1 aliphatic heterocycles. The Hall–Kier alpha value is -1.59. The van der Waals surface area contributed by atoms with Crippen molar-refractivity contribution in [3.05, 3.63) is 42.5 Å². The van der Waals surface area contributed by atoms with E-state index >= 15 is 0 Å². The summed E-state index contributed by atoms with van der Waals surface area (Å²) in [6.45, 7) is 0. The van der Waals surface area contributed by atoms with E-state index in [0.29, 0.717) is 0 Å². The maximum atomic E-state index is 11.5. The van der Waals surface area contributed by atoms with Crippen LogP contribution >= 0.6 is 0 Å². The third kappa shape index (κ3) is 2.57. The van der Waals surface area contributed by atoms with Crippen molar-refractivity contribution in [2.75, 3.05) is 16.8 Å². The normalized spacial score (nSPS) is 25.5. The molecule has 100 valence electrons. The Morgan fingerprint density at radius 1 is 1.05 bits per heavy atom. The molecule has 1 aliphatic rings. The van der Waals surface area contributed by atoms with Crippen molar-refractivity contribution in [1.82, 2.24) is 0 Å². The standard InChI is InChI=1S/C14H15NO3S/c16-14-9-19(17,18)8-13(14)15-12-6-5-10-3-1-2-4-11(10)7-12/h1-7,13-16H,8-9H2/t13-,14+/m0/s1. The number of benzene rings is 2. The minimum Gasteiger partial charge on any atom is -0.390 e. The van der Waals surface area contributed by atoms with Crippen molar-refractivity contribution in [2.45, 2.75) is 12.1 Å². The van der Waals surface area contributed by atoms with Crippen LogP contribution in [0.15, 0.2) is 42.5 Å². The average molecular weight is 277 g/mol. The zero-order valence-electron chi connectivity index (χ0n) is 10.3. The number of sulfone groups is 1. The molecule has 19 heavy (non-hydrogen) atoms. The van der Waals surface area contributed by atoms with Crippen molar-refractivity contribution in [1.29, 1.82) is 0 Å². The molecule has 0 spiro atoms. The van der Waals surface area contributed by atoms with Gasteiger partial charge in [-0.15, -0.1) is 0 Å². The summed E-state index contributed by atoms with van der Waals surface area (Å²) in [6, 6.07) is 13.4. The van der Waals surface area contributed by atoms with Gasteiger partial charge < -0.3 is 10.4 Å². The van der Waals surface area contributed by atoms with E-state index in [1.54, 1.807) is 0 Å². The molecule has 1 heterocycles. The van der Waals surface area contributed by atoms with Crippen LogP contribution in [0.25, 0.3) is 10.8 Å². The van der Waals surface area contributed by atoms with E-state index in [1.165, 1.54) is 0 Å². The third-order valence-electron chi connectivity index (χ3n) is 3.42. The monoisotopic (exact) mass is 277 g/mol. The SMILES string of the molecule is O=S1(=O)C[C@@H](O)[C@@H](Nc2ccc3ccccc3c2)C1. The summed E-state index contributed by atoms with van der Waals surface area (Å²) in [5, 5.41) is 15.1. The number of rotatable bonds is 2. The summed E-state index contributed by atoms with van der Waals surface area (Å²) >= 11 is 0. The summed E-state index contributed by atoms with van der Waals surface area (Å²) in [4.78, 5) is 0. The third-order valence-corrected chi connectivity index (χ3v) is 5.14. The van der Waals surface area contributed by atoms with Crippen LogP contribution in [0.1, 0.15) is 0 Å². The predicted molar refractivity (Wildman–Crippen MR) is 76.0 cm³/mol. The van der Waals surface area contributed by atoms with Gasteiger partial charge in [-0.05, 0) is 22.9 Å². The Balaban J connectivity index is 1.86. The second-order valence-electron chi connectivity index (χ2n) is 4.96. The van der Waals surface area contributed by atoms with Gasteiger partial charge in [-0.3, -0.25) is 0 Å². The maximum absolute atomic E-state index is 11.5. The summed E-state index contributed by atoms with van der Waals surface area (Å²) in [5.41, 5.74) is 0.833. The lowest BCUT2D eigenvalue weighted by molar-refractivity contribution is 0.190. The van der Waals surface area contributed by atoms with Crippen LogP contribution in [0.4, 0.5) is 5.69 Å². The highest BCUT2D eigenvalue weighted by Gasteiger charge is 2.36. The zero-order valence-corrected chi connectivity index (χ0v) is 11.1. The lowest BCUT2D eigenvalue weighted by Gasteiger charge is -2.16. The number of hydrogen-bond donors (Lipinski definition) is 2. The fourth-order valence-electron chi connectivity index (χ4n) is 2.46. The van der Waals surface area contributed by atoms with Gasteiger partial charge in [-0.1, -0.05) is 30.3 Å². The van der Waals surface area contributed by atoms with Gasteiger partial charge in [0.25, 0.3) is 0 Å². The van der Waals surface area contributed by atoms with Crippen molar-refractivity contribution in [3.63, 3.8) is 0 Å². The Morgan fingerprint density at radius 3 is 2.47 bits per heavy atom. The van der Waals surface area contributed by atoms with Gasteiger partial charge >= 0.3 is 0 Å². The Labute approximate surface area is 112 Å². The van der Waals surface area contributed by atoms with Crippen LogP contribution in [0.3, 0.4) is 0 Å². The molecule has 0 unspecified atom stereocenters. The molecule has 1 fully saturated rings. The molecule has 0 aliphatic carbocycles. The Morgan fingerprint density at radius 2 is 1.79 bits per heavy atom. The lowest BCUT2D eigenvalue weighted by atomic mass is 10.1. The number of hydrogen-bond acceptors (Lipinski definition) is 4. The molecule has 2 aromatic carbocycles.